The van der Waals surface area contributed by atoms with Crippen LogP contribution < -0.4 is 5.32 Å². The van der Waals surface area contributed by atoms with E-state index >= 15 is 0 Å². The molecule has 0 heterocycles. The van der Waals surface area contributed by atoms with Gasteiger partial charge in [-0.15, -0.1) is 0 Å². The van der Waals surface area contributed by atoms with Crippen molar-refractivity contribution >= 4 is 25.8 Å². The Morgan fingerprint density at radius 2 is 2.00 bits per heavy atom. The molecule has 0 bridgehead atoms. The molecular weight excluding hydrogens is 302 g/mol. The standard InChI is InChI=1S/C12H18BrNO2S/c1-14-12(8-5-9-17(2,15)16)10-6-3-4-7-11(10)13/h3-4,6-7,12,14H,5,8-9H2,1-2H3. The largest absolute Gasteiger partial charge is 0.313 e. The molecule has 5 heteroatoms. The zero-order valence-electron chi connectivity index (χ0n) is 10.1. The van der Waals surface area contributed by atoms with E-state index in [1.165, 1.54) is 11.8 Å². The van der Waals surface area contributed by atoms with Gasteiger partial charge in [0.2, 0.25) is 0 Å². The van der Waals surface area contributed by atoms with Gasteiger partial charge in [0.05, 0.1) is 0 Å². The van der Waals surface area contributed by atoms with Gasteiger partial charge >= 0.3 is 0 Å². The topological polar surface area (TPSA) is 46.2 Å². The second kappa shape index (κ2) is 6.52. The summed E-state index contributed by atoms with van der Waals surface area (Å²) >= 11 is 3.51. The number of halogens is 1. The fraction of sp³-hybridized carbons (Fsp3) is 0.500. The molecule has 0 aliphatic rings. The summed E-state index contributed by atoms with van der Waals surface area (Å²) in [5.74, 6) is 0.246. The summed E-state index contributed by atoms with van der Waals surface area (Å²) in [6, 6.07) is 8.19. The van der Waals surface area contributed by atoms with Gasteiger partial charge < -0.3 is 5.32 Å². The van der Waals surface area contributed by atoms with Crippen molar-refractivity contribution in [3.8, 4) is 0 Å². The van der Waals surface area contributed by atoms with Gasteiger partial charge in [0.1, 0.15) is 9.84 Å². The molecule has 1 N–H and O–H groups in total. The molecule has 0 fully saturated rings. The molecule has 0 spiro atoms. The Morgan fingerprint density at radius 3 is 2.53 bits per heavy atom. The molecule has 0 aromatic heterocycles. The van der Waals surface area contributed by atoms with E-state index in [1.807, 2.05) is 31.3 Å². The number of nitrogens with one attached hydrogen (secondary N) is 1. The lowest BCUT2D eigenvalue weighted by atomic mass is 10.0. The molecule has 0 aliphatic carbocycles. The Labute approximate surface area is 112 Å². The second-order valence-electron chi connectivity index (χ2n) is 4.13. The molecule has 1 aromatic carbocycles. The lowest BCUT2D eigenvalue weighted by molar-refractivity contribution is 0.534. The first-order valence-corrected chi connectivity index (χ1v) is 8.39. The van der Waals surface area contributed by atoms with Crippen LogP contribution in [-0.2, 0) is 9.84 Å². The van der Waals surface area contributed by atoms with E-state index in [-0.39, 0.29) is 11.8 Å². The molecule has 0 amide bonds. The van der Waals surface area contributed by atoms with Crippen LogP contribution in [0.1, 0.15) is 24.4 Å². The molecule has 3 nitrogen and oxygen atoms in total. The molecule has 1 unspecified atom stereocenters. The van der Waals surface area contributed by atoms with E-state index in [4.69, 9.17) is 0 Å². The lowest BCUT2D eigenvalue weighted by Crippen LogP contribution is -2.18. The maximum atomic E-state index is 11.1. The van der Waals surface area contributed by atoms with Crippen molar-refractivity contribution in [1.29, 1.82) is 0 Å². The molecule has 17 heavy (non-hydrogen) atoms. The van der Waals surface area contributed by atoms with Crippen LogP contribution in [0.5, 0.6) is 0 Å². The van der Waals surface area contributed by atoms with Crippen LogP contribution in [0.3, 0.4) is 0 Å². The van der Waals surface area contributed by atoms with Crippen LogP contribution in [0.25, 0.3) is 0 Å². The first kappa shape index (κ1) is 14.7. The number of benzene rings is 1. The van der Waals surface area contributed by atoms with Crippen molar-refractivity contribution in [2.45, 2.75) is 18.9 Å². The van der Waals surface area contributed by atoms with Gasteiger partial charge in [-0.1, -0.05) is 34.1 Å². The van der Waals surface area contributed by atoms with Gasteiger partial charge in [0.25, 0.3) is 0 Å². The van der Waals surface area contributed by atoms with Crippen LogP contribution in [-0.4, -0.2) is 27.5 Å². The molecule has 0 radical (unpaired) electrons. The van der Waals surface area contributed by atoms with E-state index in [2.05, 4.69) is 21.2 Å². The first-order valence-electron chi connectivity index (χ1n) is 5.53. The minimum Gasteiger partial charge on any atom is -0.313 e. The number of sulfone groups is 1. The fourth-order valence-corrected chi connectivity index (χ4v) is 3.01. The third kappa shape index (κ3) is 5.19. The number of hydrogen-bond acceptors (Lipinski definition) is 3. The number of rotatable bonds is 6. The highest BCUT2D eigenvalue weighted by Crippen LogP contribution is 2.26. The maximum Gasteiger partial charge on any atom is 0.147 e. The summed E-state index contributed by atoms with van der Waals surface area (Å²) < 4.78 is 23.2. The molecule has 1 rings (SSSR count). The molecule has 96 valence electrons. The van der Waals surface area contributed by atoms with Gasteiger partial charge in [-0.3, -0.25) is 0 Å². The summed E-state index contributed by atoms with van der Waals surface area (Å²) in [4.78, 5) is 0. The molecule has 0 aliphatic heterocycles. The predicted molar refractivity (Wildman–Crippen MR) is 74.9 cm³/mol. The van der Waals surface area contributed by atoms with Crippen LogP contribution in [0, 0.1) is 0 Å². The zero-order valence-corrected chi connectivity index (χ0v) is 12.5. The Balaban J connectivity index is 2.64. The van der Waals surface area contributed by atoms with Gasteiger partial charge in [0, 0.05) is 22.5 Å². The monoisotopic (exact) mass is 319 g/mol. The first-order chi connectivity index (χ1) is 7.94. The van der Waals surface area contributed by atoms with Crippen LogP contribution in [0.4, 0.5) is 0 Å². The van der Waals surface area contributed by atoms with Crippen LogP contribution in [0.2, 0.25) is 0 Å². The predicted octanol–water partition coefficient (Wildman–Crippen LogP) is 2.53. The average Bonchev–Trinajstić information content (AvgIpc) is 2.24. The second-order valence-corrected chi connectivity index (χ2v) is 7.25. The summed E-state index contributed by atoms with van der Waals surface area (Å²) in [6.45, 7) is 0. The zero-order chi connectivity index (χ0) is 12.9. The maximum absolute atomic E-state index is 11.1. The van der Waals surface area contributed by atoms with E-state index in [9.17, 15) is 8.42 Å². The average molecular weight is 320 g/mol. The summed E-state index contributed by atoms with van der Waals surface area (Å²) in [7, 11) is -0.966. The molecule has 1 aromatic rings. The van der Waals surface area contributed by atoms with Gasteiger partial charge in [0.15, 0.2) is 0 Å². The van der Waals surface area contributed by atoms with Crippen molar-refractivity contribution in [3.05, 3.63) is 34.3 Å². The highest BCUT2D eigenvalue weighted by molar-refractivity contribution is 9.10. The van der Waals surface area contributed by atoms with E-state index in [1.54, 1.807) is 0 Å². The Morgan fingerprint density at radius 1 is 1.35 bits per heavy atom. The molecule has 1 atom stereocenters. The normalized spacial score (nSPS) is 13.6. The Bertz CT molecular complexity index is 459. The van der Waals surface area contributed by atoms with E-state index in [0.29, 0.717) is 6.42 Å². The Hall–Kier alpha value is -0.390. The summed E-state index contributed by atoms with van der Waals surface area (Å²) in [5, 5.41) is 3.22. The van der Waals surface area contributed by atoms with Gasteiger partial charge in [-0.25, -0.2) is 8.42 Å². The molecule has 0 saturated carbocycles. The fourth-order valence-electron chi connectivity index (χ4n) is 1.76. The Kier molecular flexibility index (Phi) is 5.62. The highest BCUT2D eigenvalue weighted by Gasteiger charge is 2.13. The van der Waals surface area contributed by atoms with E-state index < -0.39 is 9.84 Å². The van der Waals surface area contributed by atoms with Crippen LogP contribution >= 0.6 is 15.9 Å². The minimum absolute atomic E-state index is 0.187. The van der Waals surface area contributed by atoms with Gasteiger partial charge in [-0.2, -0.15) is 0 Å². The third-order valence-corrected chi connectivity index (χ3v) is 4.39. The van der Waals surface area contributed by atoms with Crippen molar-refractivity contribution in [2.75, 3.05) is 19.1 Å². The van der Waals surface area contributed by atoms with Crippen molar-refractivity contribution in [1.82, 2.24) is 5.32 Å². The smallest absolute Gasteiger partial charge is 0.147 e. The van der Waals surface area contributed by atoms with Crippen LogP contribution in [0.15, 0.2) is 28.7 Å². The quantitative estimate of drug-likeness (QED) is 0.876. The molecular formula is C12H18BrNO2S. The van der Waals surface area contributed by atoms with Crippen molar-refractivity contribution in [2.24, 2.45) is 0 Å². The highest BCUT2D eigenvalue weighted by atomic mass is 79.9. The van der Waals surface area contributed by atoms with Crippen molar-refractivity contribution in [3.63, 3.8) is 0 Å². The minimum atomic E-state index is -2.86. The van der Waals surface area contributed by atoms with Crippen molar-refractivity contribution < 1.29 is 8.42 Å². The van der Waals surface area contributed by atoms with E-state index in [0.717, 1.165) is 10.9 Å². The molecule has 0 saturated heterocycles. The third-order valence-electron chi connectivity index (χ3n) is 2.64. The lowest BCUT2D eigenvalue weighted by Gasteiger charge is -2.17. The SMILES string of the molecule is CNC(CCCS(C)(=O)=O)c1ccccc1Br. The number of hydrogen-bond donors (Lipinski definition) is 1. The van der Waals surface area contributed by atoms with Gasteiger partial charge in [-0.05, 0) is 31.5 Å². The summed E-state index contributed by atoms with van der Waals surface area (Å²) in [5.41, 5.74) is 1.17. The summed E-state index contributed by atoms with van der Waals surface area (Å²) in [6.07, 6.45) is 2.76.